The number of carbonyl (C=O) groups is 2. The van der Waals surface area contributed by atoms with Crippen LogP contribution in [0.15, 0.2) is 29.2 Å². The van der Waals surface area contributed by atoms with Gasteiger partial charge in [0.1, 0.15) is 5.75 Å². The molecule has 1 aromatic carbocycles. The minimum atomic E-state index is -0.844. The number of aliphatic carboxylic acids is 1. The number of carboxylic acid groups (broad SMARTS) is 1. The van der Waals surface area contributed by atoms with Crippen LogP contribution in [-0.2, 0) is 9.59 Å². The number of methoxy groups -OCH3 is 1. The number of para-hydroxylation sites is 1. The molecular weight excluding hydrogens is 326 g/mol. The zero-order chi connectivity index (χ0) is 17.6. The van der Waals surface area contributed by atoms with Crippen LogP contribution in [-0.4, -0.2) is 36.4 Å². The van der Waals surface area contributed by atoms with Crippen molar-refractivity contribution in [2.24, 2.45) is 11.3 Å². The third-order valence-electron chi connectivity index (χ3n) is 4.50. The van der Waals surface area contributed by atoms with Crippen LogP contribution in [0.3, 0.4) is 0 Å². The number of rotatable bonds is 9. The highest BCUT2D eigenvalue weighted by molar-refractivity contribution is 7.99. The zero-order valence-electron chi connectivity index (χ0n) is 14.2. The molecular formula is C18H25NO4S. The van der Waals surface area contributed by atoms with E-state index in [1.54, 1.807) is 18.9 Å². The first-order valence-electron chi connectivity index (χ1n) is 8.23. The molecule has 0 radical (unpaired) electrons. The molecule has 1 unspecified atom stereocenters. The van der Waals surface area contributed by atoms with E-state index in [0.29, 0.717) is 19.4 Å². The first-order valence-corrected chi connectivity index (χ1v) is 9.21. The summed E-state index contributed by atoms with van der Waals surface area (Å²) in [4.78, 5) is 24.4. The van der Waals surface area contributed by atoms with Gasteiger partial charge in [-0.25, -0.2) is 0 Å². The quantitative estimate of drug-likeness (QED) is 0.668. The number of nitrogens with one attached hydrogen (secondary N) is 1. The van der Waals surface area contributed by atoms with Crippen molar-refractivity contribution >= 4 is 23.6 Å². The molecule has 6 heteroatoms. The van der Waals surface area contributed by atoms with Gasteiger partial charge in [-0.1, -0.05) is 25.5 Å². The van der Waals surface area contributed by atoms with Gasteiger partial charge >= 0.3 is 5.97 Å². The van der Waals surface area contributed by atoms with Crippen molar-refractivity contribution < 1.29 is 19.4 Å². The first-order chi connectivity index (χ1) is 11.5. The van der Waals surface area contributed by atoms with Crippen LogP contribution >= 0.6 is 11.8 Å². The van der Waals surface area contributed by atoms with Gasteiger partial charge in [0, 0.05) is 23.6 Å². The maximum Gasteiger partial charge on any atom is 0.310 e. The van der Waals surface area contributed by atoms with Gasteiger partial charge < -0.3 is 15.2 Å². The predicted molar refractivity (Wildman–Crippen MR) is 94.4 cm³/mol. The summed E-state index contributed by atoms with van der Waals surface area (Å²) in [6.07, 6.45) is 2.20. The summed E-state index contributed by atoms with van der Waals surface area (Å²) in [6.45, 7) is 2.62. The van der Waals surface area contributed by atoms with Crippen LogP contribution in [0.25, 0.3) is 0 Å². The maximum absolute atomic E-state index is 12.0. The molecule has 0 aromatic heterocycles. The van der Waals surface area contributed by atoms with E-state index in [1.807, 2.05) is 24.3 Å². The van der Waals surface area contributed by atoms with Gasteiger partial charge in [-0.2, -0.15) is 0 Å². The Kier molecular flexibility index (Phi) is 6.54. The Morgan fingerprint density at radius 2 is 2.08 bits per heavy atom. The SMILES string of the molecule is COc1ccccc1SCC(C)CNC(=O)CC1(C(=O)O)CCC1. The third kappa shape index (κ3) is 4.66. The van der Waals surface area contributed by atoms with Gasteiger partial charge in [-0.3, -0.25) is 9.59 Å². The van der Waals surface area contributed by atoms with E-state index in [4.69, 9.17) is 4.74 Å². The van der Waals surface area contributed by atoms with E-state index >= 15 is 0 Å². The molecule has 1 aromatic rings. The normalized spacial score (nSPS) is 16.8. The predicted octanol–water partition coefficient (Wildman–Crippen LogP) is 3.18. The Morgan fingerprint density at radius 1 is 1.38 bits per heavy atom. The molecule has 0 aliphatic heterocycles. The third-order valence-corrected chi connectivity index (χ3v) is 5.89. The van der Waals surface area contributed by atoms with Gasteiger partial charge in [0.2, 0.25) is 5.91 Å². The Bertz CT molecular complexity index is 586. The summed E-state index contributed by atoms with van der Waals surface area (Å²) in [6, 6.07) is 7.85. The molecule has 2 rings (SSSR count). The molecule has 1 amide bonds. The lowest BCUT2D eigenvalue weighted by Gasteiger charge is -2.37. The average Bonchev–Trinajstić information content (AvgIpc) is 2.54. The van der Waals surface area contributed by atoms with Gasteiger partial charge in [-0.05, 0) is 30.9 Å². The Morgan fingerprint density at radius 3 is 2.67 bits per heavy atom. The fourth-order valence-electron chi connectivity index (χ4n) is 2.76. The molecule has 132 valence electrons. The minimum Gasteiger partial charge on any atom is -0.496 e. The molecule has 5 nitrogen and oxygen atoms in total. The summed E-state index contributed by atoms with van der Waals surface area (Å²) >= 11 is 1.69. The van der Waals surface area contributed by atoms with E-state index in [1.165, 1.54) is 0 Å². The molecule has 2 N–H and O–H groups in total. The van der Waals surface area contributed by atoms with Gasteiger partial charge in [0.05, 0.1) is 12.5 Å². The van der Waals surface area contributed by atoms with Crippen LogP contribution < -0.4 is 10.1 Å². The Balaban J connectivity index is 1.74. The maximum atomic E-state index is 12.0. The van der Waals surface area contributed by atoms with Crippen molar-refractivity contribution in [2.75, 3.05) is 19.4 Å². The highest BCUT2D eigenvalue weighted by atomic mass is 32.2. The van der Waals surface area contributed by atoms with Crippen LogP contribution in [0.2, 0.25) is 0 Å². The van der Waals surface area contributed by atoms with Gasteiger partial charge in [0.25, 0.3) is 0 Å². The summed E-state index contributed by atoms with van der Waals surface area (Å²) in [5.41, 5.74) is -0.820. The van der Waals surface area contributed by atoms with Crippen molar-refractivity contribution in [2.45, 2.75) is 37.5 Å². The Hall–Kier alpha value is -1.69. The molecule has 0 saturated heterocycles. The molecule has 1 saturated carbocycles. The fourth-order valence-corrected chi connectivity index (χ4v) is 3.81. The number of ether oxygens (including phenoxy) is 1. The standard InChI is InChI=1S/C18H25NO4S/c1-13(12-24-15-7-4-3-6-14(15)23-2)11-19-16(20)10-18(17(21)22)8-5-9-18/h3-4,6-7,13H,5,8-12H2,1-2H3,(H,19,20)(H,21,22). The molecule has 0 bridgehead atoms. The first kappa shape index (κ1) is 18.6. The van der Waals surface area contributed by atoms with Gasteiger partial charge in [0.15, 0.2) is 0 Å². The summed E-state index contributed by atoms with van der Waals surface area (Å²) in [5.74, 6) is 0.984. The summed E-state index contributed by atoms with van der Waals surface area (Å²) < 4.78 is 5.33. The average molecular weight is 351 g/mol. The van der Waals surface area contributed by atoms with Crippen molar-refractivity contribution in [3.05, 3.63) is 24.3 Å². The van der Waals surface area contributed by atoms with E-state index in [-0.39, 0.29) is 18.2 Å². The summed E-state index contributed by atoms with van der Waals surface area (Å²) in [5, 5.41) is 12.2. The van der Waals surface area contributed by atoms with Crippen LogP contribution in [0, 0.1) is 11.3 Å². The minimum absolute atomic E-state index is 0.0920. The zero-order valence-corrected chi connectivity index (χ0v) is 15.0. The molecule has 1 fully saturated rings. The van der Waals surface area contributed by atoms with E-state index in [9.17, 15) is 14.7 Å². The highest BCUT2D eigenvalue weighted by Crippen LogP contribution is 2.44. The smallest absolute Gasteiger partial charge is 0.310 e. The number of carbonyl (C=O) groups excluding carboxylic acids is 1. The number of hydrogen-bond acceptors (Lipinski definition) is 4. The van der Waals surface area contributed by atoms with Gasteiger partial charge in [-0.15, -0.1) is 11.8 Å². The molecule has 0 heterocycles. The number of thioether (sulfide) groups is 1. The van der Waals surface area contributed by atoms with Crippen LogP contribution in [0.4, 0.5) is 0 Å². The lowest BCUT2D eigenvalue weighted by atomic mass is 9.66. The molecule has 1 atom stereocenters. The molecule has 1 aliphatic carbocycles. The summed E-state index contributed by atoms with van der Waals surface area (Å²) in [7, 11) is 1.65. The highest BCUT2D eigenvalue weighted by Gasteiger charge is 2.45. The fraction of sp³-hybridized carbons (Fsp3) is 0.556. The topological polar surface area (TPSA) is 75.6 Å². The van der Waals surface area contributed by atoms with Crippen molar-refractivity contribution in [1.29, 1.82) is 0 Å². The van der Waals surface area contributed by atoms with Crippen molar-refractivity contribution in [1.82, 2.24) is 5.32 Å². The van der Waals surface area contributed by atoms with E-state index in [2.05, 4.69) is 12.2 Å². The number of amides is 1. The van der Waals surface area contributed by atoms with E-state index < -0.39 is 11.4 Å². The molecule has 24 heavy (non-hydrogen) atoms. The number of carboxylic acids is 1. The van der Waals surface area contributed by atoms with Crippen LogP contribution in [0.1, 0.15) is 32.6 Å². The van der Waals surface area contributed by atoms with Crippen molar-refractivity contribution in [3.8, 4) is 5.75 Å². The number of hydrogen-bond donors (Lipinski definition) is 2. The number of benzene rings is 1. The molecule has 1 aliphatic rings. The largest absolute Gasteiger partial charge is 0.496 e. The second-order valence-corrected chi connectivity index (χ2v) is 7.55. The van der Waals surface area contributed by atoms with Crippen LogP contribution in [0.5, 0.6) is 5.75 Å². The second kappa shape index (κ2) is 8.42. The molecule has 0 spiro atoms. The lowest BCUT2D eigenvalue weighted by molar-refractivity contribution is -0.157. The van der Waals surface area contributed by atoms with Crippen molar-refractivity contribution in [3.63, 3.8) is 0 Å². The monoisotopic (exact) mass is 351 g/mol. The van der Waals surface area contributed by atoms with E-state index in [0.717, 1.165) is 22.8 Å². The Labute approximate surface area is 147 Å². The lowest BCUT2D eigenvalue weighted by Crippen LogP contribution is -2.43. The second-order valence-electron chi connectivity index (χ2n) is 6.49.